The molecule has 1 N–H and O–H groups in total. The van der Waals surface area contributed by atoms with Crippen molar-refractivity contribution in [2.75, 3.05) is 13.7 Å². The minimum Gasteiger partial charge on any atom is -0.493 e. The fourth-order valence-electron chi connectivity index (χ4n) is 1.74. The average Bonchev–Trinajstić information content (AvgIpc) is 2.71. The Morgan fingerprint density at radius 3 is 2.89 bits per heavy atom. The summed E-state index contributed by atoms with van der Waals surface area (Å²) >= 11 is 0. The van der Waals surface area contributed by atoms with Crippen LogP contribution >= 0.6 is 0 Å². The van der Waals surface area contributed by atoms with Crippen molar-refractivity contribution in [1.29, 1.82) is 0 Å². The summed E-state index contributed by atoms with van der Waals surface area (Å²) < 4.78 is 7.31. The molecule has 1 rings (SSSR count). The second kappa shape index (κ2) is 7.93. The number of hydrogen-bond acceptors (Lipinski definition) is 3. The Bertz CT molecular complexity index is 369. The van der Waals surface area contributed by atoms with Gasteiger partial charge in [-0.15, -0.1) is 0 Å². The number of nitrogens with one attached hydrogen (secondary N) is 1. The van der Waals surface area contributed by atoms with Gasteiger partial charge in [-0.3, -0.25) is 4.68 Å². The highest BCUT2D eigenvalue weighted by atomic mass is 16.5. The van der Waals surface area contributed by atoms with Crippen LogP contribution in [0.4, 0.5) is 0 Å². The average molecular weight is 251 g/mol. The first kappa shape index (κ1) is 14.8. The van der Waals surface area contributed by atoms with Crippen molar-refractivity contribution in [3.8, 4) is 5.75 Å². The summed E-state index contributed by atoms with van der Waals surface area (Å²) in [6, 6.07) is 0.540. The number of ether oxygens (including phenoxy) is 1. The maximum atomic E-state index is 5.32. The van der Waals surface area contributed by atoms with Crippen molar-refractivity contribution in [1.82, 2.24) is 15.1 Å². The van der Waals surface area contributed by atoms with Gasteiger partial charge in [-0.1, -0.05) is 26.8 Å². The highest BCUT2D eigenvalue weighted by molar-refractivity contribution is 5.52. The minimum absolute atomic E-state index is 0.540. The summed E-state index contributed by atoms with van der Waals surface area (Å²) in [5.74, 6) is 0.844. The zero-order valence-corrected chi connectivity index (χ0v) is 11.9. The van der Waals surface area contributed by atoms with Gasteiger partial charge in [0, 0.05) is 12.6 Å². The number of methoxy groups -OCH3 is 1. The molecule has 1 aromatic rings. The molecule has 18 heavy (non-hydrogen) atoms. The fraction of sp³-hybridized carbons (Fsp3) is 0.643. The molecule has 4 heteroatoms. The van der Waals surface area contributed by atoms with Crippen LogP contribution in [0.15, 0.2) is 12.3 Å². The lowest BCUT2D eigenvalue weighted by Gasteiger charge is -2.06. The van der Waals surface area contributed by atoms with Crippen LogP contribution < -0.4 is 10.1 Å². The van der Waals surface area contributed by atoms with Gasteiger partial charge in [-0.2, -0.15) is 5.10 Å². The molecule has 0 aliphatic heterocycles. The first-order valence-electron chi connectivity index (χ1n) is 6.68. The lowest BCUT2D eigenvalue weighted by atomic mass is 10.3. The molecule has 0 radical (unpaired) electrons. The van der Waals surface area contributed by atoms with Crippen molar-refractivity contribution >= 4 is 6.08 Å². The van der Waals surface area contributed by atoms with Gasteiger partial charge in [-0.05, 0) is 25.5 Å². The van der Waals surface area contributed by atoms with Crippen molar-refractivity contribution < 1.29 is 4.74 Å². The SMILES string of the molecule is CCCn1ncc(OC)c1/C=C/CCNC(C)C. The summed E-state index contributed by atoms with van der Waals surface area (Å²) in [6.45, 7) is 8.38. The van der Waals surface area contributed by atoms with E-state index in [1.54, 1.807) is 13.3 Å². The minimum atomic E-state index is 0.540. The third-order valence-electron chi connectivity index (χ3n) is 2.64. The highest BCUT2D eigenvalue weighted by Crippen LogP contribution is 2.19. The third kappa shape index (κ3) is 4.53. The number of aromatic nitrogens is 2. The highest BCUT2D eigenvalue weighted by Gasteiger charge is 2.06. The van der Waals surface area contributed by atoms with Gasteiger partial charge in [0.1, 0.15) is 5.69 Å². The van der Waals surface area contributed by atoms with Crippen molar-refractivity contribution in [2.24, 2.45) is 0 Å². The predicted octanol–water partition coefficient (Wildman–Crippen LogP) is 2.70. The van der Waals surface area contributed by atoms with E-state index in [0.29, 0.717) is 6.04 Å². The van der Waals surface area contributed by atoms with Gasteiger partial charge in [0.05, 0.1) is 13.3 Å². The van der Waals surface area contributed by atoms with Crippen LogP contribution in [0.25, 0.3) is 6.08 Å². The van der Waals surface area contributed by atoms with Gasteiger partial charge in [0.25, 0.3) is 0 Å². The molecule has 4 nitrogen and oxygen atoms in total. The Kier molecular flexibility index (Phi) is 6.50. The molecule has 0 amide bonds. The van der Waals surface area contributed by atoms with E-state index in [1.807, 2.05) is 4.68 Å². The number of rotatable bonds is 8. The van der Waals surface area contributed by atoms with Gasteiger partial charge in [0.15, 0.2) is 5.75 Å². The molecule has 0 aromatic carbocycles. The predicted molar refractivity (Wildman–Crippen MR) is 75.9 cm³/mol. The van der Waals surface area contributed by atoms with E-state index in [9.17, 15) is 0 Å². The van der Waals surface area contributed by atoms with Crippen LogP contribution in [0.3, 0.4) is 0 Å². The van der Waals surface area contributed by atoms with E-state index in [1.165, 1.54) is 0 Å². The lowest BCUT2D eigenvalue weighted by molar-refractivity contribution is 0.412. The van der Waals surface area contributed by atoms with E-state index in [2.05, 4.69) is 43.3 Å². The van der Waals surface area contributed by atoms with Crippen molar-refractivity contribution in [3.05, 3.63) is 18.0 Å². The standard InChI is InChI=1S/C14H25N3O/c1-5-10-17-13(14(18-4)11-16-17)8-6-7-9-15-12(2)3/h6,8,11-12,15H,5,7,9-10H2,1-4H3/b8-6+. The molecule has 0 aliphatic carbocycles. The van der Waals surface area contributed by atoms with Crippen LogP contribution in [0, 0.1) is 0 Å². The number of aryl methyl sites for hydroxylation is 1. The normalized spacial score (nSPS) is 11.6. The van der Waals surface area contributed by atoms with E-state index < -0.39 is 0 Å². The first-order chi connectivity index (χ1) is 8.69. The fourth-order valence-corrected chi connectivity index (χ4v) is 1.74. The smallest absolute Gasteiger partial charge is 0.164 e. The van der Waals surface area contributed by atoms with Crippen LogP contribution in [0.5, 0.6) is 5.75 Å². The zero-order chi connectivity index (χ0) is 13.4. The van der Waals surface area contributed by atoms with Gasteiger partial charge in [-0.25, -0.2) is 0 Å². The Balaban J connectivity index is 2.58. The monoisotopic (exact) mass is 251 g/mol. The van der Waals surface area contributed by atoms with Crippen LogP contribution in [-0.4, -0.2) is 29.5 Å². The Morgan fingerprint density at radius 1 is 1.50 bits per heavy atom. The second-order valence-corrected chi connectivity index (χ2v) is 4.62. The Labute approximate surface area is 110 Å². The molecule has 1 aromatic heterocycles. The van der Waals surface area contributed by atoms with Crippen molar-refractivity contribution in [3.63, 3.8) is 0 Å². The van der Waals surface area contributed by atoms with Crippen LogP contribution in [0.1, 0.15) is 39.3 Å². The number of hydrogen-bond donors (Lipinski definition) is 1. The summed E-state index contributed by atoms with van der Waals surface area (Å²) in [4.78, 5) is 0. The molecule has 0 saturated carbocycles. The summed E-state index contributed by atoms with van der Waals surface area (Å²) in [6.07, 6.45) is 8.13. The molecule has 0 unspecified atom stereocenters. The molecule has 102 valence electrons. The molecule has 0 aliphatic rings. The zero-order valence-electron chi connectivity index (χ0n) is 11.9. The van der Waals surface area contributed by atoms with E-state index in [0.717, 1.165) is 37.4 Å². The van der Waals surface area contributed by atoms with Gasteiger partial charge >= 0.3 is 0 Å². The van der Waals surface area contributed by atoms with E-state index in [-0.39, 0.29) is 0 Å². The van der Waals surface area contributed by atoms with E-state index in [4.69, 9.17) is 4.74 Å². The molecule has 0 spiro atoms. The summed E-state index contributed by atoms with van der Waals surface area (Å²) in [5, 5.41) is 7.72. The van der Waals surface area contributed by atoms with Crippen LogP contribution in [-0.2, 0) is 6.54 Å². The van der Waals surface area contributed by atoms with E-state index >= 15 is 0 Å². The molecular weight excluding hydrogens is 226 g/mol. The lowest BCUT2D eigenvalue weighted by Crippen LogP contribution is -2.23. The molecule has 1 heterocycles. The number of nitrogens with zero attached hydrogens (tertiary/aromatic N) is 2. The summed E-state index contributed by atoms with van der Waals surface area (Å²) in [5.41, 5.74) is 1.06. The molecule has 0 fully saturated rings. The maximum Gasteiger partial charge on any atom is 0.164 e. The summed E-state index contributed by atoms with van der Waals surface area (Å²) in [7, 11) is 1.69. The molecular formula is C14H25N3O. The largest absolute Gasteiger partial charge is 0.493 e. The molecule has 0 bridgehead atoms. The first-order valence-corrected chi connectivity index (χ1v) is 6.68. The third-order valence-corrected chi connectivity index (χ3v) is 2.64. The topological polar surface area (TPSA) is 39.1 Å². The van der Waals surface area contributed by atoms with Gasteiger partial charge in [0.2, 0.25) is 0 Å². The second-order valence-electron chi connectivity index (χ2n) is 4.62. The van der Waals surface area contributed by atoms with Gasteiger partial charge < -0.3 is 10.1 Å². The molecule has 0 atom stereocenters. The molecule has 0 saturated heterocycles. The Morgan fingerprint density at radius 2 is 2.28 bits per heavy atom. The Hall–Kier alpha value is -1.29. The quantitative estimate of drug-likeness (QED) is 0.722. The van der Waals surface area contributed by atoms with Crippen LogP contribution in [0.2, 0.25) is 0 Å². The maximum absolute atomic E-state index is 5.32. The van der Waals surface area contributed by atoms with Crippen molar-refractivity contribution in [2.45, 2.75) is 46.2 Å².